The second kappa shape index (κ2) is 19.4. The van der Waals surface area contributed by atoms with Crippen molar-refractivity contribution < 1.29 is 72.2 Å². The van der Waals surface area contributed by atoms with Crippen molar-refractivity contribution in [3.05, 3.63) is 119 Å². The number of rotatable bonds is 12. The quantitative estimate of drug-likeness (QED) is 0.0758. The van der Waals surface area contributed by atoms with Gasteiger partial charge in [0.15, 0.2) is 29.4 Å². The van der Waals surface area contributed by atoms with Crippen LogP contribution in [0.4, 0.5) is 4.79 Å². The van der Waals surface area contributed by atoms with Gasteiger partial charge in [-0.3, -0.25) is 24.0 Å². The van der Waals surface area contributed by atoms with Gasteiger partial charge in [0.05, 0.1) is 35.6 Å². The van der Waals surface area contributed by atoms with Gasteiger partial charge < -0.3 is 44.0 Å². The summed E-state index contributed by atoms with van der Waals surface area (Å²) in [6, 6.07) is 22.2. The Morgan fingerprint density at radius 3 is 1.97 bits per heavy atom. The molecule has 0 spiro atoms. The fourth-order valence-electron chi connectivity index (χ4n) is 10.8. The SMILES string of the molecule is CC(=O)O[C@H]1C(=O)[C@@]2(C)[C@H]([C@H](OC(=O)c3ccccc3)[C@]3(O)C[C@H](C(=O)[C@H](OC(=O)OCC(Cl)(Cl)Cl)[C@@H](NC(=O)c4ccccc4)c4ccccc4)C(C)=C1C3(C)C)[C@]1(OC(C)=O)CO[C@@H]1C[C@@H]2O. The second-order valence-corrected chi connectivity index (χ2v) is 21.1. The van der Waals surface area contributed by atoms with Gasteiger partial charge >= 0.3 is 24.1 Å². The number of aliphatic hydroxyl groups is 2. The minimum Gasteiger partial charge on any atom is -0.455 e. The molecular formula is C50H52Cl3NO15. The maximum absolute atomic E-state index is 15.9. The molecule has 3 N–H and O–H groups in total. The van der Waals surface area contributed by atoms with Crippen molar-refractivity contribution in [1.29, 1.82) is 0 Å². The van der Waals surface area contributed by atoms with Gasteiger partial charge in [-0.15, -0.1) is 0 Å². The van der Waals surface area contributed by atoms with Gasteiger partial charge in [0.1, 0.15) is 24.4 Å². The summed E-state index contributed by atoms with van der Waals surface area (Å²) in [5, 5.41) is 29.1. The number of aliphatic hydroxyl groups excluding tert-OH is 1. The monoisotopic (exact) mass is 1010 g/mol. The fourth-order valence-corrected chi connectivity index (χ4v) is 11.0. The van der Waals surface area contributed by atoms with Crippen molar-refractivity contribution in [2.75, 3.05) is 13.2 Å². The van der Waals surface area contributed by atoms with E-state index in [0.29, 0.717) is 0 Å². The summed E-state index contributed by atoms with van der Waals surface area (Å²) in [4.78, 5) is 100. The highest BCUT2D eigenvalue weighted by Gasteiger charge is 2.78. The van der Waals surface area contributed by atoms with E-state index in [1.54, 1.807) is 66.7 Å². The summed E-state index contributed by atoms with van der Waals surface area (Å²) in [7, 11) is 0. The Hall–Kier alpha value is -5.36. The van der Waals surface area contributed by atoms with Crippen LogP contribution in [0.25, 0.3) is 0 Å². The standard InChI is InChI=1S/C50H52Cl3NO15/c1-26-32(37(58)39(67-45(62)65-25-50(51,52)53)36(29-16-10-7-11-17-29)54-43(60)30-18-12-8-13-19-30)23-49(63)42(68-44(61)31-20-14-9-15-21-31)40-47(6,33(57)22-34-48(40,24-64-34)69-28(3)56)41(59)38(66-27(2)55)35(26)46(49,4)5/h7-21,32-34,36,38-40,42,57,63H,22-25H2,1-6H3,(H,54,60)/t32-,33-,34+,36-,38+,39+,40-,42-,47+,48-,49+/m0/s1. The van der Waals surface area contributed by atoms with Crippen molar-refractivity contribution in [1.82, 2.24) is 5.32 Å². The minimum absolute atomic E-state index is 0.0168. The molecule has 368 valence electrons. The molecule has 4 aliphatic rings. The highest BCUT2D eigenvalue weighted by Crippen LogP contribution is 2.65. The Labute approximate surface area is 412 Å². The van der Waals surface area contributed by atoms with Crippen molar-refractivity contribution in [2.24, 2.45) is 22.7 Å². The van der Waals surface area contributed by atoms with Crippen LogP contribution in [-0.2, 0) is 47.6 Å². The number of hydrogen-bond acceptors (Lipinski definition) is 15. The average Bonchev–Trinajstić information content (AvgIpc) is 3.30. The molecule has 16 nitrogen and oxygen atoms in total. The summed E-state index contributed by atoms with van der Waals surface area (Å²) in [6.07, 6.45) is -11.1. The number of carbonyl (C=O) groups excluding carboxylic acids is 7. The Morgan fingerprint density at radius 2 is 1.43 bits per heavy atom. The van der Waals surface area contributed by atoms with Crippen LogP contribution in [0.15, 0.2) is 102 Å². The van der Waals surface area contributed by atoms with Crippen LogP contribution in [0.2, 0.25) is 0 Å². The van der Waals surface area contributed by atoms with Gasteiger partial charge in [-0.25, -0.2) is 9.59 Å². The van der Waals surface area contributed by atoms with Gasteiger partial charge in [-0.2, -0.15) is 0 Å². The number of allylic oxidation sites excluding steroid dienone is 1. The number of alkyl halides is 3. The van der Waals surface area contributed by atoms with E-state index >= 15 is 9.59 Å². The van der Waals surface area contributed by atoms with Gasteiger partial charge in [0.2, 0.25) is 3.79 Å². The number of benzene rings is 3. The van der Waals surface area contributed by atoms with Crippen molar-refractivity contribution in [3.8, 4) is 0 Å². The first-order valence-corrected chi connectivity index (χ1v) is 23.3. The summed E-state index contributed by atoms with van der Waals surface area (Å²) in [5.74, 6) is -8.67. The third-order valence-corrected chi connectivity index (χ3v) is 14.6. The molecule has 19 heteroatoms. The number of Topliss-reactive ketones (excluding diaryl/α,β-unsaturated/α-hetero) is 2. The lowest BCUT2D eigenvalue weighted by Gasteiger charge is -2.67. The van der Waals surface area contributed by atoms with Crippen LogP contribution in [0, 0.1) is 22.7 Å². The Kier molecular flexibility index (Phi) is 14.5. The molecule has 11 atom stereocenters. The van der Waals surface area contributed by atoms with E-state index in [2.05, 4.69) is 5.32 Å². The van der Waals surface area contributed by atoms with Crippen LogP contribution in [0.5, 0.6) is 0 Å². The first kappa shape index (κ1) is 51.5. The fraction of sp³-hybridized carbons (Fsp3) is 0.460. The Balaban J connectivity index is 1.49. The van der Waals surface area contributed by atoms with Gasteiger partial charge in [0, 0.05) is 37.2 Å². The lowest BCUT2D eigenvalue weighted by atomic mass is 9.44. The summed E-state index contributed by atoms with van der Waals surface area (Å²) in [6.45, 7) is 6.85. The molecule has 1 aliphatic heterocycles. The molecule has 0 unspecified atom stereocenters. The van der Waals surface area contributed by atoms with Crippen LogP contribution < -0.4 is 5.32 Å². The molecule has 69 heavy (non-hydrogen) atoms. The number of carbonyl (C=O) groups is 7. The third kappa shape index (κ3) is 9.51. The maximum atomic E-state index is 15.9. The summed E-state index contributed by atoms with van der Waals surface area (Å²) in [5.41, 5.74) is -7.92. The zero-order valence-electron chi connectivity index (χ0n) is 38.4. The second-order valence-electron chi connectivity index (χ2n) is 18.6. The number of halogens is 3. The highest BCUT2D eigenvalue weighted by atomic mass is 35.6. The van der Waals surface area contributed by atoms with E-state index in [0.717, 1.165) is 13.8 Å². The number of amides is 1. The van der Waals surface area contributed by atoms with Crippen molar-refractivity contribution in [3.63, 3.8) is 0 Å². The van der Waals surface area contributed by atoms with Crippen LogP contribution >= 0.6 is 34.8 Å². The molecule has 2 bridgehead atoms. The van der Waals surface area contributed by atoms with Crippen molar-refractivity contribution in [2.45, 2.75) is 106 Å². The van der Waals surface area contributed by atoms with Gasteiger partial charge in [-0.05, 0) is 55.7 Å². The lowest BCUT2D eigenvalue weighted by Crippen LogP contribution is -2.81. The molecule has 0 aromatic heterocycles. The average molecular weight is 1010 g/mol. The molecule has 2 saturated carbocycles. The summed E-state index contributed by atoms with van der Waals surface area (Å²) < 4.78 is 33.3. The molecular weight excluding hydrogens is 961 g/mol. The first-order valence-electron chi connectivity index (χ1n) is 22.1. The normalized spacial score (nSPS) is 30.0. The maximum Gasteiger partial charge on any atom is 0.509 e. The molecule has 7 rings (SSSR count). The molecule has 3 fully saturated rings. The van der Waals surface area contributed by atoms with Crippen molar-refractivity contribution >= 4 is 76.3 Å². The van der Waals surface area contributed by atoms with Crippen LogP contribution in [-0.4, -0.2) is 110 Å². The first-order chi connectivity index (χ1) is 32.4. The smallest absolute Gasteiger partial charge is 0.455 e. The molecule has 1 amide bonds. The van der Waals surface area contributed by atoms with Crippen LogP contribution in [0.1, 0.15) is 86.7 Å². The van der Waals surface area contributed by atoms with Gasteiger partial charge in [-0.1, -0.05) is 121 Å². The Bertz CT molecular complexity index is 2540. The summed E-state index contributed by atoms with van der Waals surface area (Å²) >= 11 is 17.7. The molecule has 3 aromatic carbocycles. The minimum atomic E-state index is -2.54. The van der Waals surface area contributed by atoms with Crippen LogP contribution in [0.3, 0.4) is 0 Å². The molecule has 1 saturated heterocycles. The van der Waals surface area contributed by atoms with E-state index in [-0.39, 0.29) is 40.9 Å². The lowest BCUT2D eigenvalue weighted by molar-refractivity contribution is -0.345. The van der Waals surface area contributed by atoms with E-state index in [4.69, 9.17) is 63.2 Å². The number of fused-ring (bicyclic) bond motifs is 5. The molecule has 0 radical (unpaired) electrons. The Morgan fingerprint density at radius 1 is 0.855 bits per heavy atom. The van der Waals surface area contributed by atoms with E-state index in [9.17, 15) is 34.2 Å². The van der Waals surface area contributed by atoms with Gasteiger partial charge in [0.25, 0.3) is 5.91 Å². The number of esters is 3. The zero-order valence-corrected chi connectivity index (χ0v) is 40.7. The molecule has 3 aromatic rings. The number of ketones is 2. The number of hydrogen-bond donors (Lipinski definition) is 3. The zero-order chi connectivity index (χ0) is 50.4. The molecule has 3 aliphatic carbocycles. The topological polar surface area (TPSA) is 227 Å². The van der Waals surface area contributed by atoms with E-state index < -0.39 is 129 Å². The molecule has 1 heterocycles. The predicted molar refractivity (Wildman–Crippen MR) is 247 cm³/mol. The third-order valence-electron chi connectivity index (χ3n) is 14.2. The number of nitrogens with one attached hydrogen (secondary N) is 1. The van der Waals surface area contributed by atoms with E-state index in [1.165, 1.54) is 52.0 Å². The number of ether oxygens (including phenoxy) is 6. The van der Waals surface area contributed by atoms with E-state index in [1.807, 2.05) is 0 Å². The predicted octanol–water partition coefficient (Wildman–Crippen LogP) is 6.54. The largest absolute Gasteiger partial charge is 0.509 e. The highest BCUT2D eigenvalue weighted by molar-refractivity contribution is 6.67.